The highest BCUT2D eigenvalue weighted by atomic mass is 16.3. The Kier molecular flexibility index (Phi) is 4.58. The van der Waals surface area contributed by atoms with E-state index >= 15 is 0 Å². The van der Waals surface area contributed by atoms with Gasteiger partial charge >= 0.3 is 0 Å². The minimum atomic E-state index is 0.209. The number of rotatable bonds is 6. The van der Waals surface area contributed by atoms with Gasteiger partial charge in [0.1, 0.15) is 18.0 Å². The Hall–Kier alpha value is -1.36. The van der Waals surface area contributed by atoms with E-state index in [1.165, 1.54) is 19.3 Å². The van der Waals surface area contributed by atoms with Gasteiger partial charge in [0.15, 0.2) is 0 Å². The van der Waals surface area contributed by atoms with Crippen LogP contribution in [0.3, 0.4) is 0 Å². The fourth-order valence-corrected chi connectivity index (χ4v) is 2.58. The van der Waals surface area contributed by atoms with Crippen LogP contribution in [0.1, 0.15) is 51.0 Å². The molecule has 1 aliphatic carbocycles. The summed E-state index contributed by atoms with van der Waals surface area (Å²) in [5.74, 6) is 1.84. The van der Waals surface area contributed by atoms with Crippen LogP contribution in [0.15, 0.2) is 6.33 Å². The van der Waals surface area contributed by atoms with Gasteiger partial charge in [-0.25, -0.2) is 9.97 Å². The lowest BCUT2D eigenvalue weighted by Gasteiger charge is -2.39. The van der Waals surface area contributed by atoms with Crippen molar-refractivity contribution in [1.82, 2.24) is 9.97 Å². The molecular weight excluding hydrogens is 240 g/mol. The van der Waals surface area contributed by atoms with Crippen molar-refractivity contribution in [2.45, 2.75) is 51.5 Å². The summed E-state index contributed by atoms with van der Waals surface area (Å²) in [5, 5.41) is 9.08. The Balaban J connectivity index is 2.31. The van der Waals surface area contributed by atoms with Crippen molar-refractivity contribution in [2.24, 2.45) is 0 Å². The lowest BCUT2D eigenvalue weighted by atomic mass is 9.90. The molecule has 2 rings (SSSR count). The van der Waals surface area contributed by atoms with E-state index in [1.54, 1.807) is 6.33 Å². The van der Waals surface area contributed by atoms with Gasteiger partial charge < -0.3 is 15.7 Å². The second kappa shape index (κ2) is 6.19. The van der Waals surface area contributed by atoms with Crippen molar-refractivity contribution in [3.8, 4) is 0 Å². The maximum atomic E-state index is 9.08. The molecule has 1 fully saturated rings. The normalized spacial score (nSPS) is 15.6. The van der Waals surface area contributed by atoms with Gasteiger partial charge in [-0.15, -0.1) is 0 Å². The van der Waals surface area contributed by atoms with Crippen molar-refractivity contribution < 1.29 is 5.11 Å². The molecular formula is C14H24N4O. The molecule has 5 heteroatoms. The van der Waals surface area contributed by atoms with Gasteiger partial charge in [-0.1, -0.05) is 13.8 Å². The summed E-state index contributed by atoms with van der Waals surface area (Å²) >= 11 is 0. The zero-order chi connectivity index (χ0) is 13.8. The first-order chi connectivity index (χ1) is 9.15. The van der Waals surface area contributed by atoms with E-state index in [9.17, 15) is 0 Å². The Morgan fingerprint density at radius 1 is 1.42 bits per heavy atom. The summed E-state index contributed by atoms with van der Waals surface area (Å²) in [5.41, 5.74) is 7.06. The van der Waals surface area contributed by atoms with E-state index in [4.69, 9.17) is 10.8 Å². The summed E-state index contributed by atoms with van der Waals surface area (Å²) < 4.78 is 0. The maximum Gasteiger partial charge on any atom is 0.137 e. The van der Waals surface area contributed by atoms with Gasteiger partial charge in [-0.2, -0.15) is 0 Å². The summed E-state index contributed by atoms with van der Waals surface area (Å²) in [4.78, 5) is 10.9. The van der Waals surface area contributed by atoms with Crippen LogP contribution >= 0.6 is 0 Å². The van der Waals surface area contributed by atoms with E-state index in [2.05, 4.69) is 28.7 Å². The molecule has 0 spiro atoms. The molecule has 19 heavy (non-hydrogen) atoms. The fraction of sp³-hybridized carbons (Fsp3) is 0.714. The van der Waals surface area contributed by atoms with Crippen molar-refractivity contribution in [3.63, 3.8) is 0 Å². The van der Waals surface area contributed by atoms with Crippen LogP contribution in [0.25, 0.3) is 0 Å². The molecule has 0 atom stereocenters. The summed E-state index contributed by atoms with van der Waals surface area (Å²) in [6.45, 7) is 5.27. The lowest BCUT2D eigenvalue weighted by Crippen LogP contribution is -2.42. The minimum Gasteiger partial charge on any atom is -0.396 e. The van der Waals surface area contributed by atoms with Gasteiger partial charge in [-0.05, 0) is 31.6 Å². The number of hydrogen-bond acceptors (Lipinski definition) is 5. The van der Waals surface area contributed by atoms with E-state index in [1.807, 2.05) is 0 Å². The van der Waals surface area contributed by atoms with Gasteiger partial charge in [0.05, 0.1) is 0 Å². The molecule has 0 bridgehead atoms. The van der Waals surface area contributed by atoms with Crippen LogP contribution in [-0.2, 0) is 0 Å². The summed E-state index contributed by atoms with van der Waals surface area (Å²) in [6.07, 6.45) is 5.98. The van der Waals surface area contributed by atoms with Gasteiger partial charge in [0.2, 0.25) is 0 Å². The molecule has 3 N–H and O–H groups in total. The van der Waals surface area contributed by atoms with Crippen molar-refractivity contribution in [1.29, 1.82) is 0 Å². The van der Waals surface area contributed by atoms with Crippen LogP contribution in [-0.4, -0.2) is 34.3 Å². The van der Waals surface area contributed by atoms with Crippen LogP contribution in [0.5, 0.6) is 0 Å². The van der Waals surface area contributed by atoms with Crippen LogP contribution in [0, 0.1) is 0 Å². The van der Waals surface area contributed by atoms with Crippen molar-refractivity contribution >= 4 is 11.6 Å². The first kappa shape index (κ1) is 14.1. The molecule has 0 saturated heterocycles. The third-order valence-electron chi connectivity index (χ3n) is 3.82. The monoisotopic (exact) mass is 264 g/mol. The second-order valence-electron chi connectivity index (χ2n) is 5.51. The number of nitrogens with zero attached hydrogens (tertiary/aromatic N) is 3. The standard InChI is InChI=1S/C14H24N4O/c1-10(2)12-13(15)16-9-17-14(12)18(7-4-8-19)11-5-3-6-11/h9-11,19H,3-8H2,1-2H3,(H2,15,16,17). The molecule has 5 nitrogen and oxygen atoms in total. The first-order valence-electron chi connectivity index (χ1n) is 7.13. The lowest BCUT2D eigenvalue weighted by molar-refractivity contribution is 0.282. The number of aromatic nitrogens is 2. The van der Waals surface area contributed by atoms with Crippen LogP contribution < -0.4 is 10.6 Å². The Morgan fingerprint density at radius 3 is 2.68 bits per heavy atom. The van der Waals surface area contributed by atoms with E-state index in [0.29, 0.717) is 17.8 Å². The smallest absolute Gasteiger partial charge is 0.137 e. The predicted octanol–water partition coefficient (Wildman–Crippen LogP) is 1.92. The number of anilines is 2. The molecule has 0 aromatic carbocycles. The Bertz CT molecular complexity index is 418. The number of aliphatic hydroxyl groups excluding tert-OH is 1. The molecule has 0 amide bonds. The van der Waals surface area contributed by atoms with E-state index in [-0.39, 0.29) is 6.61 Å². The van der Waals surface area contributed by atoms with Crippen molar-refractivity contribution in [3.05, 3.63) is 11.9 Å². The summed E-state index contributed by atoms with van der Waals surface area (Å²) in [6, 6.07) is 0.540. The zero-order valence-electron chi connectivity index (χ0n) is 11.8. The van der Waals surface area contributed by atoms with Crippen molar-refractivity contribution in [2.75, 3.05) is 23.8 Å². The molecule has 1 aromatic heterocycles. The number of hydrogen-bond donors (Lipinski definition) is 2. The number of nitrogen functional groups attached to an aromatic ring is 1. The molecule has 1 saturated carbocycles. The van der Waals surface area contributed by atoms with Crippen LogP contribution in [0.4, 0.5) is 11.6 Å². The zero-order valence-corrected chi connectivity index (χ0v) is 11.8. The third kappa shape index (κ3) is 2.97. The average molecular weight is 264 g/mol. The first-order valence-corrected chi connectivity index (χ1v) is 7.13. The molecule has 0 radical (unpaired) electrons. The highest BCUT2D eigenvalue weighted by Crippen LogP contribution is 2.34. The molecule has 1 heterocycles. The topological polar surface area (TPSA) is 75.3 Å². The second-order valence-corrected chi connectivity index (χ2v) is 5.51. The fourth-order valence-electron chi connectivity index (χ4n) is 2.58. The quantitative estimate of drug-likeness (QED) is 0.821. The predicted molar refractivity (Wildman–Crippen MR) is 77.2 cm³/mol. The highest BCUT2D eigenvalue weighted by molar-refractivity contribution is 5.59. The molecule has 0 unspecified atom stereocenters. The molecule has 0 aliphatic heterocycles. The average Bonchev–Trinajstić information content (AvgIpc) is 2.31. The molecule has 1 aromatic rings. The van der Waals surface area contributed by atoms with Gasteiger partial charge in [0.25, 0.3) is 0 Å². The molecule has 106 valence electrons. The number of aliphatic hydroxyl groups is 1. The summed E-state index contributed by atoms with van der Waals surface area (Å²) in [7, 11) is 0. The van der Waals surface area contributed by atoms with Gasteiger partial charge in [0, 0.05) is 24.8 Å². The third-order valence-corrected chi connectivity index (χ3v) is 3.82. The van der Waals surface area contributed by atoms with E-state index in [0.717, 1.165) is 24.3 Å². The Morgan fingerprint density at radius 2 is 2.16 bits per heavy atom. The minimum absolute atomic E-state index is 0.209. The highest BCUT2D eigenvalue weighted by Gasteiger charge is 2.28. The Labute approximate surface area is 114 Å². The van der Waals surface area contributed by atoms with E-state index < -0.39 is 0 Å². The number of nitrogens with two attached hydrogens (primary N) is 1. The maximum absolute atomic E-state index is 9.08. The SMILES string of the molecule is CC(C)c1c(N)ncnc1N(CCCO)C1CCC1. The molecule has 1 aliphatic rings. The van der Waals surface area contributed by atoms with Gasteiger partial charge in [-0.3, -0.25) is 0 Å². The van der Waals surface area contributed by atoms with Crippen LogP contribution in [0.2, 0.25) is 0 Å². The largest absolute Gasteiger partial charge is 0.396 e.